The van der Waals surface area contributed by atoms with Crippen molar-refractivity contribution in [1.82, 2.24) is 0 Å². The Labute approximate surface area is 159 Å². The first-order valence-corrected chi connectivity index (χ1v) is 8.87. The standard InChI is InChI=1S/C19H17BrN2O4/c1-12(23)21-15-4-8-17(9-5-15)26-19(25)13-10-18(24)22(11-13)16-6-2-14(20)3-7-16/h2-9,13H,10-11H2,1H3,(H,21,23)/t13-/m1/s1. The molecule has 2 aromatic rings. The van der Waals surface area contributed by atoms with Crippen LogP contribution in [-0.2, 0) is 14.4 Å². The van der Waals surface area contributed by atoms with Crippen molar-refractivity contribution in [2.75, 3.05) is 16.8 Å². The molecule has 1 saturated heterocycles. The van der Waals surface area contributed by atoms with Gasteiger partial charge in [0.05, 0.1) is 5.92 Å². The fraction of sp³-hybridized carbons (Fsp3) is 0.211. The summed E-state index contributed by atoms with van der Waals surface area (Å²) in [6, 6.07) is 13.9. The van der Waals surface area contributed by atoms with Gasteiger partial charge in [-0.3, -0.25) is 14.4 Å². The zero-order valence-electron chi connectivity index (χ0n) is 14.1. The second kappa shape index (κ2) is 7.70. The van der Waals surface area contributed by atoms with E-state index in [-0.39, 0.29) is 18.2 Å². The summed E-state index contributed by atoms with van der Waals surface area (Å²) in [4.78, 5) is 37.2. The Kier molecular flexibility index (Phi) is 5.37. The molecule has 0 bridgehead atoms. The van der Waals surface area contributed by atoms with Crippen LogP contribution in [0.3, 0.4) is 0 Å². The van der Waals surface area contributed by atoms with Crippen molar-refractivity contribution >= 4 is 45.1 Å². The van der Waals surface area contributed by atoms with Crippen molar-refractivity contribution in [3.8, 4) is 5.75 Å². The monoisotopic (exact) mass is 416 g/mol. The fourth-order valence-electron chi connectivity index (χ4n) is 2.75. The number of anilines is 2. The Morgan fingerprint density at radius 3 is 2.38 bits per heavy atom. The molecule has 2 aromatic carbocycles. The SMILES string of the molecule is CC(=O)Nc1ccc(OC(=O)[C@@H]2CC(=O)N(c3ccc(Br)cc3)C2)cc1. The highest BCUT2D eigenvalue weighted by atomic mass is 79.9. The van der Waals surface area contributed by atoms with E-state index in [0.717, 1.165) is 10.2 Å². The summed E-state index contributed by atoms with van der Waals surface area (Å²) in [5.74, 6) is -0.854. The smallest absolute Gasteiger partial charge is 0.316 e. The number of amides is 2. The summed E-state index contributed by atoms with van der Waals surface area (Å²) in [5.41, 5.74) is 1.38. The van der Waals surface area contributed by atoms with Gasteiger partial charge in [-0.2, -0.15) is 0 Å². The highest BCUT2D eigenvalue weighted by molar-refractivity contribution is 9.10. The predicted octanol–water partition coefficient (Wildman–Crippen LogP) is 3.37. The fourth-order valence-corrected chi connectivity index (χ4v) is 3.01. The molecule has 6 nitrogen and oxygen atoms in total. The first kappa shape index (κ1) is 18.1. The lowest BCUT2D eigenvalue weighted by molar-refractivity contribution is -0.139. The van der Waals surface area contributed by atoms with E-state index in [1.54, 1.807) is 29.2 Å². The topological polar surface area (TPSA) is 75.7 Å². The second-order valence-electron chi connectivity index (χ2n) is 6.01. The van der Waals surface area contributed by atoms with Crippen LogP contribution in [0.2, 0.25) is 0 Å². The number of nitrogens with zero attached hydrogens (tertiary/aromatic N) is 1. The minimum atomic E-state index is -0.513. The zero-order valence-corrected chi connectivity index (χ0v) is 15.7. The van der Waals surface area contributed by atoms with Crippen LogP contribution in [0.1, 0.15) is 13.3 Å². The molecule has 134 valence electrons. The van der Waals surface area contributed by atoms with E-state index < -0.39 is 11.9 Å². The number of benzene rings is 2. The quantitative estimate of drug-likeness (QED) is 0.612. The maximum atomic E-state index is 12.4. The van der Waals surface area contributed by atoms with E-state index in [0.29, 0.717) is 18.0 Å². The van der Waals surface area contributed by atoms with E-state index >= 15 is 0 Å². The summed E-state index contributed by atoms with van der Waals surface area (Å²) in [6.45, 7) is 1.71. The second-order valence-corrected chi connectivity index (χ2v) is 6.92. The lowest BCUT2D eigenvalue weighted by atomic mass is 10.1. The number of carbonyl (C=O) groups is 3. The van der Waals surface area contributed by atoms with Crippen LogP contribution in [0, 0.1) is 5.92 Å². The number of hydrogen-bond donors (Lipinski definition) is 1. The molecule has 1 atom stereocenters. The Morgan fingerprint density at radius 1 is 1.12 bits per heavy atom. The molecular weight excluding hydrogens is 400 g/mol. The van der Waals surface area contributed by atoms with Crippen molar-refractivity contribution in [2.24, 2.45) is 5.92 Å². The Balaban J connectivity index is 1.62. The van der Waals surface area contributed by atoms with Gasteiger partial charge in [0, 0.05) is 35.7 Å². The Hall–Kier alpha value is -2.67. The molecular formula is C19H17BrN2O4. The van der Waals surface area contributed by atoms with Gasteiger partial charge in [-0.15, -0.1) is 0 Å². The summed E-state index contributed by atoms with van der Waals surface area (Å²) in [6.07, 6.45) is 0.124. The maximum absolute atomic E-state index is 12.4. The molecule has 0 aromatic heterocycles. The molecule has 1 fully saturated rings. The van der Waals surface area contributed by atoms with E-state index in [9.17, 15) is 14.4 Å². The van der Waals surface area contributed by atoms with Crippen LogP contribution >= 0.6 is 15.9 Å². The molecule has 26 heavy (non-hydrogen) atoms. The minimum absolute atomic E-state index is 0.102. The van der Waals surface area contributed by atoms with Gasteiger partial charge in [0.2, 0.25) is 11.8 Å². The third-order valence-electron chi connectivity index (χ3n) is 3.99. The highest BCUT2D eigenvalue weighted by Gasteiger charge is 2.36. The molecule has 0 saturated carbocycles. The number of ether oxygens (including phenoxy) is 1. The van der Waals surface area contributed by atoms with Crippen LogP contribution in [0.25, 0.3) is 0 Å². The third-order valence-corrected chi connectivity index (χ3v) is 4.52. The van der Waals surface area contributed by atoms with Crippen LogP contribution in [0.5, 0.6) is 5.75 Å². The molecule has 1 heterocycles. The van der Waals surface area contributed by atoms with Gasteiger partial charge in [-0.25, -0.2) is 0 Å². The molecule has 1 N–H and O–H groups in total. The summed E-state index contributed by atoms with van der Waals surface area (Å²) >= 11 is 3.36. The number of nitrogens with one attached hydrogen (secondary N) is 1. The average molecular weight is 417 g/mol. The zero-order chi connectivity index (χ0) is 18.7. The average Bonchev–Trinajstić information content (AvgIpc) is 2.99. The largest absolute Gasteiger partial charge is 0.426 e. The number of esters is 1. The maximum Gasteiger partial charge on any atom is 0.316 e. The molecule has 0 unspecified atom stereocenters. The van der Waals surface area contributed by atoms with Crippen molar-refractivity contribution in [3.05, 3.63) is 53.0 Å². The van der Waals surface area contributed by atoms with Crippen LogP contribution in [-0.4, -0.2) is 24.3 Å². The molecule has 1 aliphatic heterocycles. The van der Waals surface area contributed by atoms with Crippen molar-refractivity contribution in [3.63, 3.8) is 0 Å². The van der Waals surface area contributed by atoms with E-state index in [1.165, 1.54) is 6.92 Å². The van der Waals surface area contributed by atoms with E-state index in [2.05, 4.69) is 21.2 Å². The van der Waals surface area contributed by atoms with Crippen LogP contribution < -0.4 is 15.0 Å². The lowest BCUT2D eigenvalue weighted by Crippen LogP contribution is -2.27. The van der Waals surface area contributed by atoms with Gasteiger partial charge >= 0.3 is 5.97 Å². The predicted molar refractivity (Wildman–Crippen MR) is 101 cm³/mol. The Morgan fingerprint density at radius 2 is 1.77 bits per heavy atom. The first-order valence-electron chi connectivity index (χ1n) is 8.07. The summed E-state index contributed by atoms with van der Waals surface area (Å²) in [7, 11) is 0. The molecule has 3 rings (SSSR count). The van der Waals surface area contributed by atoms with Crippen molar-refractivity contribution in [2.45, 2.75) is 13.3 Å². The summed E-state index contributed by atoms with van der Waals surface area (Å²) < 4.78 is 6.29. The number of rotatable bonds is 4. The van der Waals surface area contributed by atoms with Gasteiger partial charge in [0.25, 0.3) is 0 Å². The lowest BCUT2D eigenvalue weighted by Gasteiger charge is -2.16. The first-order chi connectivity index (χ1) is 12.4. The molecule has 0 spiro atoms. The Bertz CT molecular complexity index is 834. The summed E-state index contributed by atoms with van der Waals surface area (Å²) in [5, 5.41) is 2.64. The number of carbonyl (C=O) groups excluding carboxylic acids is 3. The molecule has 0 aliphatic carbocycles. The molecule has 1 aliphatic rings. The van der Waals surface area contributed by atoms with Gasteiger partial charge in [0.15, 0.2) is 0 Å². The minimum Gasteiger partial charge on any atom is -0.426 e. The normalized spacial score (nSPS) is 16.5. The molecule has 7 heteroatoms. The number of halogens is 1. The van der Waals surface area contributed by atoms with Gasteiger partial charge in [0.1, 0.15) is 5.75 Å². The van der Waals surface area contributed by atoms with E-state index in [1.807, 2.05) is 24.3 Å². The highest BCUT2D eigenvalue weighted by Crippen LogP contribution is 2.27. The van der Waals surface area contributed by atoms with Crippen LogP contribution in [0.4, 0.5) is 11.4 Å². The van der Waals surface area contributed by atoms with Crippen LogP contribution in [0.15, 0.2) is 53.0 Å². The number of hydrogen-bond acceptors (Lipinski definition) is 4. The van der Waals surface area contributed by atoms with E-state index in [4.69, 9.17) is 4.74 Å². The third kappa shape index (κ3) is 4.29. The van der Waals surface area contributed by atoms with Gasteiger partial charge in [-0.1, -0.05) is 15.9 Å². The van der Waals surface area contributed by atoms with Gasteiger partial charge in [-0.05, 0) is 48.5 Å². The molecule has 2 amide bonds. The van der Waals surface area contributed by atoms with Crippen molar-refractivity contribution in [1.29, 1.82) is 0 Å². The van der Waals surface area contributed by atoms with Crippen molar-refractivity contribution < 1.29 is 19.1 Å². The van der Waals surface area contributed by atoms with Gasteiger partial charge < -0.3 is 15.0 Å². The molecule has 0 radical (unpaired) electrons.